The Balaban J connectivity index is 1.82. The number of carboxylic acids is 1. The highest BCUT2D eigenvalue weighted by atomic mass is 32.2. The summed E-state index contributed by atoms with van der Waals surface area (Å²) in [5.41, 5.74) is 0.0760. The van der Waals surface area contributed by atoms with Gasteiger partial charge < -0.3 is 9.84 Å². The van der Waals surface area contributed by atoms with Crippen LogP contribution in [0.5, 0.6) is 0 Å². The van der Waals surface area contributed by atoms with E-state index in [4.69, 9.17) is 9.84 Å². The van der Waals surface area contributed by atoms with Crippen LogP contribution in [-0.4, -0.2) is 49.6 Å². The molecule has 1 heterocycles. The third-order valence-corrected chi connectivity index (χ3v) is 6.86. The van der Waals surface area contributed by atoms with E-state index in [0.717, 1.165) is 32.1 Å². The molecule has 1 saturated heterocycles. The first kappa shape index (κ1) is 19.1. The van der Waals surface area contributed by atoms with Gasteiger partial charge in [0.25, 0.3) is 0 Å². The van der Waals surface area contributed by atoms with E-state index in [-0.39, 0.29) is 16.6 Å². The molecule has 0 radical (unpaired) electrons. The Kier molecular flexibility index (Phi) is 6.11. The number of allylic oxidation sites excluding steroid dienone is 2. The van der Waals surface area contributed by atoms with E-state index in [0.29, 0.717) is 25.6 Å². The lowest BCUT2D eigenvalue weighted by atomic mass is 9.94. The van der Waals surface area contributed by atoms with E-state index in [1.807, 2.05) is 0 Å². The number of carbonyl (C=O) groups is 1. The Morgan fingerprint density at radius 2 is 1.92 bits per heavy atom. The molecule has 1 fully saturated rings. The van der Waals surface area contributed by atoms with Gasteiger partial charge in [-0.3, -0.25) is 0 Å². The van der Waals surface area contributed by atoms with E-state index >= 15 is 0 Å². The summed E-state index contributed by atoms with van der Waals surface area (Å²) in [6.07, 6.45) is 8.86. The molecule has 1 aliphatic heterocycles. The number of hydrogen-bond donors (Lipinski definition) is 1. The van der Waals surface area contributed by atoms with Crippen LogP contribution in [0.2, 0.25) is 0 Å². The summed E-state index contributed by atoms with van der Waals surface area (Å²) >= 11 is 0. The minimum Gasteiger partial charge on any atom is -0.478 e. The Hall–Kier alpha value is -1.70. The predicted octanol–water partition coefficient (Wildman–Crippen LogP) is 2.91. The molecular formula is C19H25NO5S. The average molecular weight is 379 g/mol. The number of sulfonamides is 1. The first-order chi connectivity index (χ1) is 12.5. The maximum Gasteiger partial charge on any atom is 0.335 e. The lowest BCUT2D eigenvalue weighted by Crippen LogP contribution is -2.40. The molecule has 7 heteroatoms. The smallest absolute Gasteiger partial charge is 0.335 e. The van der Waals surface area contributed by atoms with Gasteiger partial charge in [-0.05, 0) is 62.3 Å². The minimum absolute atomic E-state index is 0.0674. The van der Waals surface area contributed by atoms with Crippen LogP contribution < -0.4 is 0 Å². The van der Waals surface area contributed by atoms with Gasteiger partial charge in [-0.25, -0.2) is 13.2 Å². The lowest BCUT2D eigenvalue weighted by Gasteiger charge is -2.29. The van der Waals surface area contributed by atoms with Gasteiger partial charge in [0, 0.05) is 19.7 Å². The van der Waals surface area contributed by atoms with Crippen LogP contribution in [0, 0.1) is 5.92 Å². The summed E-state index contributed by atoms with van der Waals surface area (Å²) in [6.45, 7) is 1.49. The number of rotatable bonds is 7. The molecule has 0 saturated carbocycles. The Morgan fingerprint density at radius 1 is 1.15 bits per heavy atom. The van der Waals surface area contributed by atoms with Crippen molar-refractivity contribution in [3.63, 3.8) is 0 Å². The fourth-order valence-corrected chi connectivity index (χ4v) is 5.06. The summed E-state index contributed by atoms with van der Waals surface area (Å²) in [6, 6.07) is 5.43. The quantitative estimate of drug-likeness (QED) is 0.737. The van der Waals surface area contributed by atoms with Crippen molar-refractivity contribution in [3.8, 4) is 0 Å². The Morgan fingerprint density at radius 3 is 2.50 bits per heavy atom. The van der Waals surface area contributed by atoms with Crippen molar-refractivity contribution in [3.05, 3.63) is 42.0 Å². The van der Waals surface area contributed by atoms with Crippen LogP contribution in [0.25, 0.3) is 0 Å². The second-order valence-electron chi connectivity index (χ2n) is 6.94. The molecule has 0 aromatic heterocycles. The highest BCUT2D eigenvalue weighted by Crippen LogP contribution is 2.25. The molecule has 0 bridgehead atoms. The summed E-state index contributed by atoms with van der Waals surface area (Å²) in [5, 5.41) is 9.01. The second-order valence-corrected chi connectivity index (χ2v) is 8.87. The van der Waals surface area contributed by atoms with Gasteiger partial charge in [-0.15, -0.1) is 0 Å². The third-order valence-electron chi connectivity index (χ3n) is 5.01. The molecule has 1 N–H and O–H groups in total. The zero-order valence-electron chi connectivity index (χ0n) is 14.7. The molecule has 2 atom stereocenters. The number of ether oxygens (including phenoxy) is 1. The van der Waals surface area contributed by atoms with Crippen LogP contribution in [0.15, 0.2) is 41.3 Å². The molecule has 1 aromatic carbocycles. The molecule has 3 rings (SSSR count). The van der Waals surface area contributed by atoms with Crippen molar-refractivity contribution >= 4 is 16.0 Å². The van der Waals surface area contributed by atoms with E-state index in [1.165, 1.54) is 28.6 Å². The molecule has 2 unspecified atom stereocenters. The molecule has 1 aliphatic carbocycles. The number of carboxylic acid groups (broad SMARTS) is 1. The van der Waals surface area contributed by atoms with Gasteiger partial charge in [0.1, 0.15) is 0 Å². The van der Waals surface area contributed by atoms with Crippen LogP contribution in [0.1, 0.15) is 42.5 Å². The van der Waals surface area contributed by atoms with Gasteiger partial charge in [-0.1, -0.05) is 12.2 Å². The van der Waals surface area contributed by atoms with Gasteiger partial charge in [0.05, 0.1) is 16.6 Å². The van der Waals surface area contributed by atoms with E-state index < -0.39 is 16.0 Å². The molecule has 0 spiro atoms. The zero-order valence-corrected chi connectivity index (χ0v) is 15.5. The monoisotopic (exact) mass is 379 g/mol. The Bertz CT molecular complexity index is 751. The molecule has 26 heavy (non-hydrogen) atoms. The van der Waals surface area contributed by atoms with Crippen molar-refractivity contribution < 1.29 is 23.1 Å². The average Bonchev–Trinajstić information content (AvgIpc) is 3.15. The first-order valence-electron chi connectivity index (χ1n) is 9.07. The number of aromatic carboxylic acids is 1. The van der Waals surface area contributed by atoms with Crippen LogP contribution >= 0.6 is 0 Å². The minimum atomic E-state index is -3.69. The SMILES string of the molecule is O=C(O)c1ccc(S(=O)(=O)N(CC2CC=CCC2)CC2CCCO2)cc1. The largest absolute Gasteiger partial charge is 0.478 e. The summed E-state index contributed by atoms with van der Waals surface area (Å²) < 4.78 is 33.5. The normalized spacial score (nSPS) is 23.4. The van der Waals surface area contributed by atoms with Crippen molar-refractivity contribution in [2.75, 3.05) is 19.7 Å². The highest BCUT2D eigenvalue weighted by Gasteiger charge is 2.31. The standard InChI is InChI=1S/C19H25NO5S/c21-19(22)16-8-10-18(11-9-16)26(23,24)20(14-17-7-4-12-25-17)13-15-5-2-1-3-6-15/h1-2,8-11,15,17H,3-7,12-14H2,(H,21,22). The number of hydrogen-bond acceptors (Lipinski definition) is 4. The molecule has 0 amide bonds. The van der Waals surface area contributed by atoms with Crippen LogP contribution in [0.3, 0.4) is 0 Å². The van der Waals surface area contributed by atoms with E-state index in [1.54, 1.807) is 0 Å². The zero-order chi connectivity index (χ0) is 18.6. The highest BCUT2D eigenvalue weighted by molar-refractivity contribution is 7.89. The molecule has 6 nitrogen and oxygen atoms in total. The van der Waals surface area contributed by atoms with E-state index in [2.05, 4.69) is 12.2 Å². The van der Waals surface area contributed by atoms with Crippen molar-refractivity contribution in [1.82, 2.24) is 4.31 Å². The third kappa shape index (κ3) is 4.52. The lowest BCUT2D eigenvalue weighted by molar-refractivity contribution is 0.0696. The van der Waals surface area contributed by atoms with Crippen molar-refractivity contribution in [2.24, 2.45) is 5.92 Å². The predicted molar refractivity (Wildman–Crippen MR) is 97.6 cm³/mol. The van der Waals surface area contributed by atoms with E-state index in [9.17, 15) is 13.2 Å². The summed E-state index contributed by atoms with van der Waals surface area (Å²) in [5.74, 6) is -0.770. The second kappa shape index (κ2) is 8.33. The Labute approximate surface area is 154 Å². The van der Waals surface area contributed by atoms with Gasteiger partial charge in [0.15, 0.2) is 0 Å². The topological polar surface area (TPSA) is 83.9 Å². The van der Waals surface area contributed by atoms with Crippen molar-refractivity contribution in [2.45, 2.75) is 43.1 Å². The number of nitrogens with zero attached hydrogens (tertiary/aromatic N) is 1. The summed E-state index contributed by atoms with van der Waals surface area (Å²) in [7, 11) is -3.69. The van der Waals surface area contributed by atoms with Gasteiger partial charge in [0.2, 0.25) is 10.0 Å². The van der Waals surface area contributed by atoms with Crippen molar-refractivity contribution in [1.29, 1.82) is 0 Å². The molecule has 2 aliphatic rings. The summed E-state index contributed by atoms with van der Waals surface area (Å²) in [4.78, 5) is 11.1. The van der Waals surface area contributed by atoms with Gasteiger partial charge >= 0.3 is 5.97 Å². The van der Waals surface area contributed by atoms with Gasteiger partial charge in [-0.2, -0.15) is 4.31 Å². The number of benzene rings is 1. The molecular weight excluding hydrogens is 354 g/mol. The maximum absolute atomic E-state index is 13.2. The molecule has 142 valence electrons. The fraction of sp³-hybridized carbons (Fsp3) is 0.526. The first-order valence-corrected chi connectivity index (χ1v) is 10.5. The van der Waals surface area contributed by atoms with Crippen LogP contribution in [-0.2, 0) is 14.8 Å². The molecule has 1 aromatic rings. The van der Waals surface area contributed by atoms with Crippen LogP contribution in [0.4, 0.5) is 0 Å². The fourth-order valence-electron chi connectivity index (χ4n) is 3.51. The maximum atomic E-state index is 13.2.